The van der Waals surface area contributed by atoms with Crippen LogP contribution in [0.2, 0.25) is 0 Å². The molecule has 0 saturated carbocycles. The van der Waals surface area contributed by atoms with E-state index >= 15 is 0 Å². The fraction of sp³-hybridized carbons (Fsp3) is 0.667. The second-order valence-corrected chi connectivity index (χ2v) is 6.95. The smallest absolute Gasteiger partial charge is 0.224 e. The number of nitrogens with one attached hydrogen (secondary N) is 1. The number of aryl methyl sites for hydroxylation is 2. The lowest BCUT2D eigenvalue weighted by Gasteiger charge is -2.34. The molecule has 1 N–H and O–H groups in total. The molecule has 4 nitrogen and oxygen atoms in total. The zero-order valence-corrected chi connectivity index (χ0v) is 13.8. The van der Waals surface area contributed by atoms with Crippen molar-refractivity contribution in [2.45, 2.75) is 58.5 Å². The number of hydrogen-bond donors (Lipinski definition) is 1. The molecule has 2 aliphatic rings. The minimum atomic E-state index is 0.138. The van der Waals surface area contributed by atoms with E-state index in [9.17, 15) is 4.79 Å². The van der Waals surface area contributed by atoms with Gasteiger partial charge in [-0.25, -0.2) is 0 Å². The Morgan fingerprint density at radius 1 is 1.41 bits per heavy atom. The molecule has 1 saturated heterocycles. The molecule has 1 aliphatic carbocycles. The number of pyridine rings is 1. The maximum Gasteiger partial charge on any atom is 0.224 e. The zero-order valence-electron chi connectivity index (χ0n) is 13.8. The first kappa shape index (κ1) is 15.5. The van der Waals surface area contributed by atoms with Gasteiger partial charge in [-0.3, -0.25) is 9.78 Å². The Morgan fingerprint density at radius 3 is 3.09 bits per heavy atom. The quantitative estimate of drug-likeness (QED) is 0.928. The van der Waals surface area contributed by atoms with Crippen molar-refractivity contribution in [3.8, 4) is 0 Å². The largest absolute Gasteiger partial charge is 0.352 e. The molecule has 1 aromatic heterocycles. The normalized spacial score (nSPS) is 21.9. The number of piperidine rings is 1. The lowest BCUT2D eigenvalue weighted by Crippen LogP contribution is -2.45. The average Bonchev–Trinajstić information content (AvgIpc) is 3.00. The summed E-state index contributed by atoms with van der Waals surface area (Å²) < 4.78 is 0. The van der Waals surface area contributed by atoms with E-state index in [0.29, 0.717) is 12.6 Å². The van der Waals surface area contributed by atoms with Crippen molar-refractivity contribution in [1.29, 1.82) is 0 Å². The monoisotopic (exact) mass is 301 g/mol. The molecule has 0 bridgehead atoms. The van der Waals surface area contributed by atoms with Crippen LogP contribution in [0.25, 0.3) is 0 Å². The van der Waals surface area contributed by atoms with Gasteiger partial charge in [0.05, 0.1) is 5.92 Å². The van der Waals surface area contributed by atoms with Gasteiger partial charge in [0.1, 0.15) is 0 Å². The second kappa shape index (κ2) is 6.78. The molecule has 0 unspecified atom stereocenters. The van der Waals surface area contributed by atoms with Crippen molar-refractivity contribution in [1.82, 2.24) is 15.2 Å². The predicted molar refractivity (Wildman–Crippen MR) is 87.5 cm³/mol. The first-order chi connectivity index (χ1) is 10.6. The fourth-order valence-corrected chi connectivity index (χ4v) is 3.60. The molecule has 3 rings (SSSR count). The van der Waals surface area contributed by atoms with Gasteiger partial charge in [0.25, 0.3) is 0 Å². The molecule has 1 aliphatic heterocycles. The third-order valence-corrected chi connectivity index (χ3v) is 5.00. The minimum absolute atomic E-state index is 0.138. The van der Waals surface area contributed by atoms with E-state index in [0.717, 1.165) is 44.3 Å². The minimum Gasteiger partial charge on any atom is -0.352 e. The zero-order chi connectivity index (χ0) is 15.5. The molecule has 2 heterocycles. The van der Waals surface area contributed by atoms with E-state index in [1.807, 2.05) is 6.20 Å². The first-order valence-corrected chi connectivity index (χ1v) is 8.62. The molecule has 0 radical (unpaired) electrons. The predicted octanol–water partition coefficient (Wildman–Crippen LogP) is 2.31. The number of nitrogens with zero attached hydrogens (tertiary/aromatic N) is 2. The van der Waals surface area contributed by atoms with Crippen molar-refractivity contribution in [3.05, 3.63) is 29.1 Å². The summed E-state index contributed by atoms with van der Waals surface area (Å²) in [5.74, 6) is 0.337. The highest BCUT2D eigenvalue weighted by molar-refractivity contribution is 5.79. The summed E-state index contributed by atoms with van der Waals surface area (Å²) in [6, 6.07) is 2.74. The van der Waals surface area contributed by atoms with Crippen LogP contribution in [0.15, 0.2) is 12.3 Å². The Hall–Kier alpha value is -1.42. The van der Waals surface area contributed by atoms with E-state index in [-0.39, 0.29) is 11.8 Å². The van der Waals surface area contributed by atoms with Gasteiger partial charge < -0.3 is 10.2 Å². The van der Waals surface area contributed by atoms with Crippen LogP contribution >= 0.6 is 0 Å². The highest BCUT2D eigenvalue weighted by Gasteiger charge is 2.26. The van der Waals surface area contributed by atoms with Crippen molar-refractivity contribution in [2.75, 3.05) is 13.1 Å². The van der Waals surface area contributed by atoms with Crippen LogP contribution in [0.5, 0.6) is 0 Å². The number of fused-ring (bicyclic) bond motifs is 1. The molecule has 1 amide bonds. The number of likely N-dealkylation sites (tertiary alicyclic amines) is 1. The summed E-state index contributed by atoms with van der Waals surface area (Å²) in [5.41, 5.74) is 3.75. The summed E-state index contributed by atoms with van der Waals surface area (Å²) in [6.45, 7) is 7.03. The number of aromatic nitrogens is 1. The molecule has 120 valence electrons. The molecule has 1 atom stereocenters. The standard InChI is InChI=1S/C18H27N3O/c1-13(2)21-8-4-6-16(12-21)18(22)20-11-14-9-15-5-3-7-17(15)19-10-14/h9-10,13,16H,3-8,11-12H2,1-2H3,(H,20,22)/t16-/m0/s1. The maximum absolute atomic E-state index is 12.4. The molecule has 1 aromatic rings. The van der Waals surface area contributed by atoms with Crippen molar-refractivity contribution < 1.29 is 4.79 Å². The maximum atomic E-state index is 12.4. The van der Waals surface area contributed by atoms with E-state index < -0.39 is 0 Å². The molecular weight excluding hydrogens is 274 g/mol. The van der Waals surface area contributed by atoms with Gasteiger partial charge in [-0.05, 0) is 63.6 Å². The van der Waals surface area contributed by atoms with Crippen LogP contribution in [-0.2, 0) is 24.2 Å². The molecule has 0 spiro atoms. The summed E-state index contributed by atoms with van der Waals surface area (Å²) >= 11 is 0. The van der Waals surface area contributed by atoms with E-state index in [1.165, 1.54) is 17.7 Å². The Bertz CT molecular complexity index is 541. The van der Waals surface area contributed by atoms with Gasteiger partial charge in [-0.2, -0.15) is 0 Å². The highest BCUT2D eigenvalue weighted by atomic mass is 16.1. The van der Waals surface area contributed by atoms with Crippen LogP contribution in [0.3, 0.4) is 0 Å². The van der Waals surface area contributed by atoms with E-state index in [4.69, 9.17) is 0 Å². The molecule has 4 heteroatoms. The van der Waals surface area contributed by atoms with E-state index in [2.05, 4.69) is 35.1 Å². The highest BCUT2D eigenvalue weighted by Crippen LogP contribution is 2.21. The summed E-state index contributed by atoms with van der Waals surface area (Å²) in [6.07, 6.45) is 7.51. The fourth-order valence-electron chi connectivity index (χ4n) is 3.60. The van der Waals surface area contributed by atoms with Crippen LogP contribution < -0.4 is 5.32 Å². The number of carbonyl (C=O) groups excluding carboxylic acids is 1. The lowest BCUT2D eigenvalue weighted by molar-refractivity contribution is -0.127. The van der Waals surface area contributed by atoms with Crippen molar-refractivity contribution in [2.24, 2.45) is 5.92 Å². The van der Waals surface area contributed by atoms with Crippen molar-refractivity contribution in [3.63, 3.8) is 0 Å². The second-order valence-electron chi connectivity index (χ2n) is 6.95. The topological polar surface area (TPSA) is 45.2 Å². The van der Waals surface area contributed by atoms with Gasteiger partial charge in [-0.15, -0.1) is 0 Å². The Kier molecular flexibility index (Phi) is 4.77. The third kappa shape index (κ3) is 3.49. The Morgan fingerprint density at radius 2 is 2.27 bits per heavy atom. The number of rotatable bonds is 4. The van der Waals surface area contributed by atoms with Gasteiger partial charge >= 0.3 is 0 Å². The van der Waals surface area contributed by atoms with E-state index in [1.54, 1.807) is 0 Å². The van der Waals surface area contributed by atoms with Gasteiger partial charge in [0.2, 0.25) is 5.91 Å². The summed E-state index contributed by atoms with van der Waals surface area (Å²) in [7, 11) is 0. The lowest BCUT2D eigenvalue weighted by atomic mass is 9.96. The number of amides is 1. The summed E-state index contributed by atoms with van der Waals surface area (Å²) in [5, 5.41) is 3.11. The Labute approximate surface area is 133 Å². The third-order valence-electron chi connectivity index (χ3n) is 5.00. The SMILES string of the molecule is CC(C)N1CCC[C@H](C(=O)NCc2cnc3c(c2)CCC3)C1. The molecular formula is C18H27N3O. The van der Waals surface area contributed by atoms with Crippen LogP contribution in [0.1, 0.15) is 49.9 Å². The average molecular weight is 301 g/mol. The van der Waals surface area contributed by atoms with Gasteiger partial charge in [0.15, 0.2) is 0 Å². The van der Waals surface area contributed by atoms with Gasteiger partial charge in [-0.1, -0.05) is 6.07 Å². The van der Waals surface area contributed by atoms with Gasteiger partial charge in [0, 0.05) is 31.0 Å². The van der Waals surface area contributed by atoms with Crippen molar-refractivity contribution >= 4 is 5.91 Å². The van der Waals surface area contributed by atoms with Crippen LogP contribution in [-0.4, -0.2) is 34.9 Å². The number of hydrogen-bond acceptors (Lipinski definition) is 3. The molecule has 22 heavy (non-hydrogen) atoms. The first-order valence-electron chi connectivity index (χ1n) is 8.62. The summed E-state index contributed by atoms with van der Waals surface area (Å²) in [4.78, 5) is 19.3. The molecule has 1 fully saturated rings. The molecule has 0 aromatic carbocycles. The Balaban J connectivity index is 1.53. The van der Waals surface area contributed by atoms with Crippen LogP contribution in [0.4, 0.5) is 0 Å². The van der Waals surface area contributed by atoms with Crippen LogP contribution in [0, 0.1) is 5.92 Å². The number of carbonyl (C=O) groups is 1.